The average molecular weight is 639 g/mol. The number of aromatic nitrogens is 2. The van der Waals surface area contributed by atoms with Crippen molar-refractivity contribution in [1.29, 1.82) is 5.26 Å². The molecule has 0 radical (unpaired) electrons. The summed E-state index contributed by atoms with van der Waals surface area (Å²) < 4.78 is 28.2. The van der Waals surface area contributed by atoms with Gasteiger partial charge in [-0.05, 0) is 60.9 Å². The fourth-order valence-corrected chi connectivity index (χ4v) is 5.80. The van der Waals surface area contributed by atoms with Gasteiger partial charge in [0.05, 0.1) is 26.8 Å². The third-order valence-corrected chi connectivity index (χ3v) is 9.00. The Labute approximate surface area is 266 Å². The van der Waals surface area contributed by atoms with Crippen LogP contribution in [0.5, 0.6) is 0 Å². The Bertz CT molecular complexity index is 1670. The number of rotatable bonds is 8. The van der Waals surface area contributed by atoms with Crippen molar-refractivity contribution in [3.63, 3.8) is 0 Å². The summed E-state index contributed by atoms with van der Waals surface area (Å²) in [6, 6.07) is 9.28. The molecule has 9 nitrogen and oxygen atoms in total. The van der Waals surface area contributed by atoms with Crippen molar-refractivity contribution < 1.29 is 23.2 Å². The molecule has 1 aromatic carbocycles. The highest BCUT2D eigenvalue weighted by Gasteiger charge is 2.33. The minimum absolute atomic E-state index is 0.0751. The van der Waals surface area contributed by atoms with E-state index in [-0.39, 0.29) is 62.5 Å². The van der Waals surface area contributed by atoms with Crippen LogP contribution in [0, 0.1) is 22.2 Å². The van der Waals surface area contributed by atoms with Crippen LogP contribution in [0.1, 0.15) is 92.6 Å². The smallest absolute Gasteiger partial charge is 0.272 e. The van der Waals surface area contributed by atoms with E-state index in [1.165, 1.54) is 12.1 Å². The number of amides is 3. The number of alkyl halides is 2. The van der Waals surface area contributed by atoms with Gasteiger partial charge in [-0.1, -0.05) is 47.6 Å². The molecule has 0 bridgehead atoms. The molecule has 12 heteroatoms. The zero-order valence-electron chi connectivity index (χ0n) is 26.7. The van der Waals surface area contributed by atoms with Crippen molar-refractivity contribution in [2.24, 2.45) is 10.8 Å². The number of imidazole rings is 1. The van der Waals surface area contributed by atoms with E-state index in [9.17, 15) is 28.4 Å². The summed E-state index contributed by atoms with van der Waals surface area (Å²) in [5.41, 5.74) is 1.02. The average Bonchev–Trinajstić information content (AvgIpc) is 3.70. The second-order valence-corrected chi connectivity index (χ2v) is 14.7. The second kappa shape index (κ2) is 13.1. The minimum Gasteiger partial charge on any atom is -0.349 e. The van der Waals surface area contributed by atoms with Crippen LogP contribution in [0.3, 0.4) is 0 Å². The SMILES string of the molecule is C[C@H](NC(=O)c1ccc2c(c1)nc(NC(=O)c1ccc(C(F)F)s1)n2C[C@H]1CCCN1C(=O)C(C#N)=CC(C)(C)C)C(C)(C)C. The molecule has 0 spiro atoms. The number of hydrogen-bond acceptors (Lipinski definition) is 6. The third-order valence-electron chi connectivity index (χ3n) is 7.91. The lowest BCUT2D eigenvalue weighted by Gasteiger charge is -2.28. The Morgan fingerprint density at radius 1 is 1.13 bits per heavy atom. The number of fused-ring (bicyclic) bond motifs is 1. The Morgan fingerprint density at radius 2 is 1.84 bits per heavy atom. The summed E-state index contributed by atoms with van der Waals surface area (Å²) >= 11 is 0.700. The number of carbonyl (C=O) groups excluding carboxylic acids is 3. The molecule has 1 aliphatic heterocycles. The normalized spacial score (nSPS) is 16.6. The molecule has 2 N–H and O–H groups in total. The zero-order valence-corrected chi connectivity index (χ0v) is 27.5. The summed E-state index contributed by atoms with van der Waals surface area (Å²) in [5, 5.41) is 15.5. The Kier molecular flexibility index (Phi) is 9.82. The molecule has 2 aromatic heterocycles. The maximum Gasteiger partial charge on any atom is 0.272 e. The van der Waals surface area contributed by atoms with Crippen LogP contribution in [0.15, 0.2) is 42.0 Å². The third kappa shape index (κ3) is 7.95. The minimum atomic E-state index is -2.69. The van der Waals surface area contributed by atoms with Crippen molar-refractivity contribution in [3.8, 4) is 6.07 Å². The standard InChI is InChI=1S/C33H40F2N6O3S/c1-19(33(5,6)7)37-28(42)20-10-11-24-23(15-20)38-31(39-29(43)26-13-12-25(45-26)27(34)35)41(24)18-22-9-8-14-40(22)30(44)21(17-36)16-32(2,3)4/h10-13,15-16,19,22,27H,8-9,14,18H2,1-7H3,(H,37,42)(H,38,39,43)/t19-,22+/m0/s1. The lowest BCUT2D eigenvalue weighted by Crippen LogP contribution is -2.41. The fourth-order valence-electron chi connectivity index (χ4n) is 5.04. The van der Waals surface area contributed by atoms with Crippen molar-refractivity contribution >= 4 is 46.0 Å². The second-order valence-electron chi connectivity index (χ2n) is 13.6. The first-order valence-electron chi connectivity index (χ1n) is 14.9. The van der Waals surface area contributed by atoms with Gasteiger partial charge < -0.3 is 14.8 Å². The Balaban J connectivity index is 1.70. The van der Waals surface area contributed by atoms with Gasteiger partial charge in [0.2, 0.25) is 5.95 Å². The van der Waals surface area contributed by atoms with Crippen LogP contribution < -0.4 is 10.6 Å². The number of thiophene rings is 1. The first kappa shape index (κ1) is 33.8. The number of halogens is 2. The lowest BCUT2D eigenvalue weighted by atomic mass is 9.88. The molecule has 2 atom stereocenters. The molecular weight excluding hydrogens is 598 g/mol. The maximum atomic E-state index is 13.5. The molecule has 4 rings (SSSR count). The number of hydrogen-bond donors (Lipinski definition) is 2. The van der Waals surface area contributed by atoms with E-state index in [2.05, 4.69) is 21.7 Å². The van der Waals surface area contributed by atoms with Crippen LogP contribution >= 0.6 is 11.3 Å². The molecule has 0 aliphatic carbocycles. The topological polar surface area (TPSA) is 120 Å². The van der Waals surface area contributed by atoms with Crippen molar-refractivity contribution in [2.75, 3.05) is 11.9 Å². The molecule has 240 valence electrons. The summed E-state index contributed by atoms with van der Waals surface area (Å²) in [6.45, 7) is 14.5. The van der Waals surface area contributed by atoms with Gasteiger partial charge >= 0.3 is 0 Å². The van der Waals surface area contributed by atoms with Gasteiger partial charge in [-0.25, -0.2) is 13.8 Å². The van der Waals surface area contributed by atoms with E-state index < -0.39 is 12.3 Å². The van der Waals surface area contributed by atoms with E-state index in [0.29, 0.717) is 40.9 Å². The zero-order chi connectivity index (χ0) is 33.3. The molecule has 0 saturated carbocycles. The van der Waals surface area contributed by atoms with Crippen LogP contribution in [0.4, 0.5) is 14.7 Å². The Hall–Kier alpha value is -4.11. The van der Waals surface area contributed by atoms with Gasteiger partial charge in [0, 0.05) is 24.7 Å². The van der Waals surface area contributed by atoms with Crippen molar-refractivity contribution in [1.82, 2.24) is 19.8 Å². The molecular formula is C33H40F2N6O3S. The highest BCUT2D eigenvalue weighted by Crippen LogP contribution is 2.30. The van der Waals surface area contributed by atoms with Crippen molar-refractivity contribution in [2.45, 2.75) is 86.4 Å². The van der Waals surface area contributed by atoms with Gasteiger partial charge in [0.1, 0.15) is 11.6 Å². The number of benzene rings is 1. The highest BCUT2D eigenvalue weighted by atomic mass is 32.1. The van der Waals surface area contributed by atoms with E-state index in [0.717, 1.165) is 6.42 Å². The number of nitrogens with zero attached hydrogens (tertiary/aromatic N) is 4. The highest BCUT2D eigenvalue weighted by molar-refractivity contribution is 7.14. The number of allylic oxidation sites excluding steroid dienone is 1. The summed E-state index contributed by atoms with van der Waals surface area (Å²) in [4.78, 5) is 45.9. The molecule has 1 fully saturated rings. The van der Waals surface area contributed by atoms with Crippen LogP contribution in [0.25, 0.3) is 11.0 Å². The number of carbonyl (C=O) groups is 3. The van der Waals surface area contributed by atoms with Gasteiger partial charge in [0.25, 0.3) is 24.1 Å². The fraction of sp³-hybridized carbons (Fsp3) is 0.485. The van der Waals surface area contributed by atoms with E-state index in [4.69, 9.17) is 0 Å². The van der Waals surface area contributed by atoms with Gasteiger partial charge in [-0.15, -0.1) is 11.3 Å². The van der Waals surface area contributed by atoms with Crippen LogP contribution in [0.2, 0.25) is 0 Å². The first-order valence-corrected chi connectivity index (χ1v) is 15.7. The molecule has 3 aromatic rings. The molecule has 1 aliphatic rings. The molecule has 3 heterocycles. The summed E-state index contributed by atoms with van der Waals surface area (Å²) in [5.74, 6) is -1.05. The molecule has 3 amide bonds. The predicted octanol–water partition coefficient (Wildman–Crippen LogP) is 6.94. The monoisotopic (exact) mass is 638 g/mol. The number of nitrogens with one attached hydrogen (secondary N) is 2. The Morgan fingerprint density at radius 3 is 2.44 bits per heavy atom. The van der Waals surface area contributed by atoms with E-state index in [1.54, 1.807) is 33.7 Å². The summed E-state index contributed by atoms with van der Waals surface area (Å²) in [6.07, 6.45) is 0.384. The van der Waals surface area contributed by atoms with Crippen LogP contribution in [-0.2, 0) is 11.3 Å². The summed E-state index contributed by atoms with van der Waals surface area (Å²) in [7, 11) is 0. The lowest BCUT2D eigenvalue weighted by molar-refractivity contribution is -0.127. The molecule has 45 heavy (non-hydrogen) atoms. The van der Waals surface area contributed by atoms with Gasteiger partial charge in [-0.3, -0.25) is 19.7 Å². The van der Waals surface area contributed by atoms with Crippen LogP contribution in [-0.4, -0.2) is 50.8 Å². The quantitative estimate of drug-likeness (QED) is 0.205. The number of anilines is 1. The van der Waals surface area contributed by atoms with Gasteiger partial charge in [-0.2, -0.15) is 5.26 Å². The van der Waals surface area contributed by atoms with E-state index >= 15 is 0 Å². The first-order chi connectivity index (χ1) is 21.0. The molecule has 1 saturated heterocycles. The largest absolute Gasteiger partial charge is 0.349 e. The van der Waals surface area contributed by atoms with Crippen molar-refractivity contribution in [3.05, 3.63) is 57.3 Å². The number of likely N-dealkylation sites (tertiary alicyclic amines) is 1. The maximum absolute atomic E-state index is 13.5. The predicted molar refractivity (Wildman–Crippen MR) is 171 cm³/mol. The van der Waals surface area contributed by atoms with E-state index in [1.807, 2.05) is 48.5 Å². The number of nitriles is 1. The molecule has 0 unspecified atom stereocenters. The van der Waals surface area contributed by atoms with Gasteiger partial charge in [0.15, 0.2) is 0 Å².